The average Bonchev–Trinajstić information content (AvgIpc) is 2.68. The van der Waals surface area contributed by atoms with Gasteiger partial charge in [0.25, 0.3) is 0 Å². The van der Waals surface area contributed by atoms with Gasteiger partial charge in [-0.3, -0.25) is 4.98 Å². The van der Waals surface area contributed by atoms with Gasteiger partial charge < -0.3 is 14.4 Å². The highest BCUT2D eigenvalue weighted by molar-refractivity contribution is 5.48. The minimum absolute atomic E-state index is 0.460. The molecule has 0 fully saturated rings. The van der Waals surface area contributed by atoms with Gasteiger partial charge in [0.05, 0.1) is 7.11 Å². The summed E-state index contributed by atoms with van der Waals surface area (Å²) in [5.41, 5.74) is 3.36. The molecule has 0 saturated heterocycles. The summed E-state index contributed by atoms with van der Waals surface area (Å²) in [6, 6.07) is 20.3. The molecule has 0 N–H and O–H groups in total. The van der Waals surface area contributed by atoms with Crippen LogP contribution in [0.15, 0.2) is 73.1 Å². The van der Waals surface area contributed by atoms with Crippen LogP contribution < -0.4 is 14.4 Å². The van der Waals surface area contributed by atoms with Crippen molar-refractivity contribution in [3.8, 4) is 11.5 Å². The van der Waals surface area contributed by atoms with Crippen LogP contribution >= 0.6 is 0 Å². The predicted octanol–water partition coefficient (Wildman–Crippen LogP) is 4.31. The first-order valence-corrected chi connectivity index (χ1v) is 8.21. The monoisotopic (exact) mass is 334 g/mol. The third-order valence-electron chi connectivity index (χ3n) is 3.96. The van der Waals surface area contributed by atoms with Gasteiger partial charge in [-0.05, 0) is 35.9 Å². The van der Waals surface area contributed by atoms with Crippen LogP contribution in [-0.2, 0) is 13.2 Å². The summed E-state index contributed by atoms with van der Waals surface area (Å²) in [6.07, 6.45) is 3.56. The Kier molecular flexibility index (Phi) is 5.52. The lowest BCUT2D eigenvalue weighted by Crippen LogP contribution is -2.16. The third kappa shape index (κ3) is 4.51. The number of anilines is 1. The second-order valence-electron chi connectivity index (χ2n) is 5.83. The normalized spacial score (nSPS) is 10.3. The zero-order chi connectivity index (χ0) is 17.5. The van der Waals surface area contributed by atoms with Gasteiger partial charge in [-0.25, -0.2) is 0 Å². The molecule has 3 aromatic rings. The third-order valence-corrected chi connectivity index (χ3v) is 3.96. The maximum Gasteiger partial charge on any atom is 0.162 e. The summed E-state index contributed by atoms with van der Waals surface area (Å²) in [5.74, 6) is 1.47. The van der Waals surface area contributed by atoms with E-state index in [2.05, 4.69) is 35.1 Å². The van der Waals surface area contributed by atoms with E-state index in [1.807, 2.05) is 42.5 Å². The lowest BCUT2D eigenvalue weighted by molar-refractivity contribution is 0.284. The summed E-state index contributed by atoms with van der Waals surface area (Å²) in [7, 11) is 3.73. The number of nitrogens with zero attached hydrogens (tertiary/aromatic N) is 2. The standard InChI is InChI=1S/C21H22N2O2/c1-23(19-8-4-3-5-9-19)15-17-10-11-20(24-2)21(13-17)25-16-18-7-6-12-22-14-18/h3-14H,15-16H2,1-2H3. The van der Waals surface area contributed by atoms with E-state index in [0.717, 1.165) is 29.2 Å². The molecule has 1 heterocycles. The number of para-hydroxylation sites is 1. The molecule has 25 heavy (non-hydrogen) atoms. The molecule has 0 aliphatic carbocycles. The number of hydrogen-bond donors (Lipinski definition) is 0. The first kappa shape index (κ1) is 16.8. The number of benzene rings is 2. The van der Waals surface area contributed by atoms with Gasteiger partial charge in [0, 0.05) is 37.2 Å². The van der Waals surface area contributed by atoms with E-state index >= 15 is 0 Å². The number of aromatic nitrogens is 1. The van der Waals surface area contributed by atoms with E-state index in [-0.39, 0.29) is 0 Å². The van der Waals surface area contributed by atoms with E-state index in [1.165, 1.54) is 5.69 Å². The van der Waals surface area contributed by atoms with Crippen LogP contribution in [0.5, 0.6) is 11.5 Å². The molecular weight excluding hydrogens is 312 g/mol. The average molecular weight is 334 g/mol. The number of rotatable bonds is 7. The van der Waals surface area contributed by atoms with Crippen molar-refractivity contribution < 1.29 is 9.47 Å². The maximum absolute atomic E-state index is 5.96. The van der Waals surface area contributed by atoms with Crippen LogP contribution in [0.1, 0.15) is 11.1 Å². The van der Waals surface area contributed by atoms with E-state index in [4.69, 9.17) is 9.47 Å². The summed E-state index contributed by atoms with van der Waals surface area (Å²) >= 11 is 0. The van der Waals surface area contributed by atoms with Gasteiger partial charge in [0.1, 0.15) is 6.61 Å². The van der Waals surface area contributed by atoms with Crippen molar-refractivity contribution in [3.63, 3.8) is 0 Å². The fourth-order valence-corrected chi connectivity index (χ4v) is 2.62. The Morgan fingerprint density at radius 1 is 0.920 bits per heavy atom. The Morgan fingerprint density at radius 3 is 2.48 bits per heavy atom. The number of hydrogen-bond acceptors (Lipinski definition) is 4. The van der Waals surface area contributed by atoms with E-state index in [1.54, 1.807) is 19.5 Å². The van der Waals surface area contributed by atoms with Crippen molar-refractivity contribution in [2.75, 3.05) is 19.1 Å². The first-order valence-electron chi connectivity index (χ1n) is 8.21. The lowest BCUT2D eigenvalue weighted by atomic mass is 10.1. The topological polar surface area (TPSA) is 34.6 Å². The lowest BCUT2D eigenvalue weighted by Gasteiger charge is -2.20. The van der Waals surface area contributed by atoms with Crippen LogP contribution in [-0.4, -0.2) is 19.1 Å². The Bertz CT molecular complexity index is 792. The van der Waals surface area contributed by atoms with Crippen LogP contribution in [0.3, 0.4) is 0 Å². The summed E-state index contributed by atoms with van der Waals surface area (Å²) in [5, 5.41) is 0. The molecule has 0 aliphatic heterocycles. The zero-order valence-electron chi connectivity index (χ0n) is 14.6. The molecule has 0 atom stereocenters. The molecule has 0 radical (unpaired) electrons. The molecular formula is C21H22N2O2. The van der Waals surface area contributed by atoms with E-state index in [9.17, 15) is 0 Å². The Morgan fingerprint density at radius 2 is 1.76 bits per heavy atom. The van der Waals surface area contributed by atoms with Crippen molar-refractivity contribution in [3.05, 3.63) is 84.2 Å². The van der Waals surface area contributed by atoms with Crippen molar-refractivity contribution in [2.24, 2.45) is 0 Å². The molecule has 0 saturated carbocycles. The summed E-state index contributed by atoms with van der Waals surface area (Å²) < 4.78 is 11.4. The van der Waals surface area contributed by atoms with E-state index < -0.39 is 0 Å². The zero-order valence-corrected chi connectivity index (χ0v) is 14.6. The van der Waals surface area contributed by atoms with Crippen molar-refractivity contribution in [1.29, 1.82) is 0 Å². The first-order chi connectivity index (χ1) is 12.3. The quantitative estimate of drug-likeness (QED) is 0.645. The van der Waals surface area contributed by atoms with Gasteiger partial charge in [0.2, 0.25) is 0 Å². The molecule has 4 heteroatoms. The molecule has 0 bridgehead atoms. The van der Waals surface area contributed by atoms with Crippen LogP contribution in [0.2, 0.25) is 0 Å². The highest BCUT2D eigenvalue weighted by atomic mass is 16.5. The van der Waals surface area contributed by atoms with Gasteiger partial charge in [-0.1, -0.05) is 30.3 Å². The number of methoxy groups -OCH3 is 1. The molecule has 3 rings (SSSR count). The molecule has 0 unspecified atom stereocenters. The molecule has 4 nitrogen and oxygen atoms in total. The van der Waals surface area contributed by atoms with Gasteiger partial charge >= 0.3 is 0 Å². The highest BCUT2D eigenvalue weighted by Gasteiger charge is 2.08. The Labute approximate surface area is 148 Å². The molecule has 0 spiro atoms. The van der Waals surface area contributed by atoms with Gasteiger partial charge in [0.15, 0.2) is 11.5 Å². The van der Waals surface area contributed by atoms with Gasteiger partial charge in [-0.15, -0.1) is 0 Å². The smallest absolute Gasteiger partial charge is 0.162 e. The second-order valence-corrected chi connectivity index (χ2v) is 5.83. The maximum atomic E-state index is 5.96. The minimum atomic E-state index is 0.460. The summed E-state index contributed by atoms with van der Waals surface area (Å²) in [6.45, 7) is 1.25. The Hall–Kier alpha value is -3.01. The van der Waals surface area contributed by atoms with Crippen molar-refractivity contribution >= 4 is 5.69 Å². The van der Waals surface area contributed by atoms with Crippen molar-refractivity contribution in [1.82, 2.24) is 4.98 Å². The molecule has 2 aromatic carbocycles. The summed E-state index contributed by atoms with van der Waals surface area (Å²) in [4.78, 5) is 6.31. The number of ether oxygens (including phenoxy) is 2. The SMILES string of the molecule is COc1ccc(CN(C)c2ccccc2)cc1OCc1cccnc1. The highest BCUT2D eigenvalue weighted by Crippen LogP contribution is 2.29. The predicted molar refractivity (Wildman–Crippen MR) is 100 cm³/mol. The van der Waals surface area contributed by atoms with Gasteiger partial charge in [-0.2, -0.15) is 0 Å². The number of pyridine rings is 1. The van der Waals surface area contributed by atoms with Crippen LogP contribution in [0.4, 0.5) is 5.69 Å². The fourth-order valence-electron chi connectivity index (χ4n) is 2.62. The Balaban J connectivity index is 1.73. The van der Waals surface area contributed by atoms with Crippen molar-refractivity contribution in [2.45, 2.75) is 13.2 Å². The second kappa shape index (κ2) is 8.20. The van der Waals surface area contributed by atoms with Crippen LogP contribution in [0, 0.1) is 0 Å². The van der Waals surface area contributed by atoms with Crippen LogP contribution in [0.25, 0.3) is 0 Å². The van der Waals surface area contributed by atoms with E-state index in [0.29, 0.717) is 6.61 Å². The minimum Gasteiger partial charge on any atom is -0.493 e. The molecule has 1 aromatic heterocycles. The fraction of sp³-hybridized carbons (Fsp3) is 0.190. The largest absolute Gasteiger partial charge is 0.493 e. The molecule has 128 valence electrons. The molecule has 0 aliphatic rings. The molecule has 0 amide bonds.